The summed E-state index contributed by atoms with van der Waals surface area (Å²) < 4.78 is 0. The predicted molar refractivity (Wildman–Crippen MR) is 96.6 cm³/mol. The van der Waals surface area contributed by atoms with Crippen molar-refractivity contribution in [2.75, 3.05) is 6.54 Å². The van der Waals surface area contributed by atoms with Crippen molar-refractivity contribution in [1.82, 2.24) is 0 Å². The Hall–Kier alpha value is -2.17. The van der Waals surface area contributed by atoms with Crippen LogP contribution in [0.5, 0.6) is 0 Å². The lowest BCUT2D eigenvalue weighted by atomic mass is 9.69. The van der Waals surface area contributed by atoms with Crippen molar-refractivity contribution in [2.24, 2.45) is 5.73 Å². The van der Waals surface area contributed by atoms with E-state index in [9.17, 15) is 14.7 Å². The molecule has 0 saturated carbocycles. The molecule has 3 N–H and O–H groups in total. The van der Waals surface area contributed by atoms with E-state index in [0.717, 1.165) is 12.0 Å². The summed E-state index contributed by atoms with van der Waals surface area (Å²) in [6, 6.07) is 16.6. The Labute approximate surface area is 148 Å². The fourth-order valence-electron chi connectivity index (χ4n) is 3.03. The summed E-state index contributed by atoms with van der Waals surface area (Å²) in [5.74, 6) is -2.22. The van der Waals surface area contributed by atoms with Gasteiger partial charge in [-0.15, -0.1) is 12.4 Å². The van der Waals surface area contributed by atoms with Gasteiger partial charge in [0.15, 0.2) is 0 Å². The average molecular weight is 348 g/mol. The van der Waals surface area contributed by atoms with Crippen LogP contribution in [-0.4, -0.2) is 23.4 Å². The number of ketones is 1. The quantitative estimate of drug-likeness (QED) is 0.754. The molecular formula is C19H22ClNO3. The lowest BCUT2D eigenvalue weighted by Crippen LogP contribution is -2.41. The van der Waals surface area contributed by atoms with Gasteiger partial charge in [0, 0.05) is 0 Å². The monoisotopic (exact) mass is 347 g/mol. The smallest absolute Gasteiger partial charge is 0.373 e. The molecule has 1 unspecified atom stereocenters. The third-order valence-corrected chi connectivity index (χ3v) is 4.26. The number of hydrogen-bond acceptors (Lipinski definition) is 3. The van der Waals surface area contributed by atoms with Gasteiger partial charge >= 0.3 is 5.97 Å². The number of halogens is 1. The highest BCUT2D eigenvalue weighted by Crippen LogP contribution is 2.37. The van der Waals surface area contributed by atoms with Crippen LogP contribution in [0.4, 0.5) is 0 Å². The minimum absolute atomic E-state index is 0. The van der Waals surface area contributed by atoms with Crippen LogP contribution in [0.1, 0.15) is 30.0 Å². The van der Waals surface area contributed by atoms with Gasteiger partial charge in [-0.1, -0.05) is 61.5 Å². The summed E-state index contributed by atoms with van der Waals surface area (Å²) in [6.45, 7) is 2.38. The molecule has 24 heavy (non-hydrogen) atoms. The third-order valence-electron chi connectivity index (χ3n) is 4.26. The maximum Gasteiger partial charge on any atom is 0.373 e. The number of carbonyl (C=O) groups is 2. The number of nitrogens with two attached hydrogens (primary N) is 1. The summed E-state index contributed by atoms with van der Waals surface area (Å²) >= 11 is 0. The molecule has 5 heteroatoms. The van der Waals surface area contributed by atoms with Crippen LogP contribution in [0.15, 0.2) is 54.6 Å². The SMILES string of the molecule is CCC(C(=O)C(=O)O)(c1ccccc1)c1ccc(CCN)cc1.Cl. The second kappa shape index (κ2) is 8.62. The van der Waals surface area contributed by atoms with Crippen LogP contribution < -0.4 is 5.73 Å². The normalized spacial score (nSPS) is 12.8. The Bertz CT molecular complexity index is 686. The number of Topliss-reactive ketones (excluding diaryl/α,β-unsaturated/α-hetero) is 1. The van der Waals surface area contributed by atoms with Gasteiger partial charge in [0.05, 0.1) is 5.41 Å². The largest absolute Gasteiger partial charge is 0.475 e. The molecule has 0 bridgehead atoms. The van der Waals surface area contributed by atoms with E-state index in [2.05, 4.69) is 0 Å². The summed E-state index contributed by atoms with van der Waals surface area (Å²) in [5, 5.41) is 9.34. The van der Waals surface area contributed by atoms with Crippen molar-refractivity contribution >= 4 is 24.2 Å². The van der Waals surface area contributed by atoms with Crippen LogP contribution >= 0.6 is 12.4 Å². The number of carboxylic acids is 1. The number of hydrogen-bond donors (Lipinski definition) is 2. The molecule has 0 aliphatic rings. The van der Waals surface area contributed by atoms with Crippen molar-refractivity contribution in [3.63, 3.8) is 0 Å². The van der Waals surface area contributed by atoms with Crippen molar-refractivity contribution in [3.05, 3.63) is 71.3 Å². The lowest BCUT2D eigenvalue weighted by molar-refractivity contribution is -0.151. The minimum Gasteiger partial charge on any atom is -0.475 e. The Balaban J connectivity index is 0.00000288. The van der Waals surface area contributed by atoms with E-state index < -0.39 is 17.2 Å². The zero-order valence-corrected chi connectivity index (χ0v) is 14.4. The van der Waals surface area contributed by atoms with Gasteiger partial charge in [0.1, 0.15) is 0 Å². The summed E-state index contributed by atoms with van der Waals surface area (Å²) in [7, 11) is 0. The van der Waals surface area contributed by atoms with Crippen LogP contribution in [0.25, 0.3) is 0 Å². The maximum atomic E-state index is 12.6. The van der Waals surface area contributed by atoms with Crippen LogP contribution in [0.3, 0.4) is 0 Å². The van der Waals surface area contributed by atoms with E-state index >= 15 is 0 Å². The first-order chi connectivity index (χ1) is 11.1. The fraction of sp³-hybridized carbons (Fsp3) is 0.263. The lowest BCUT2D eigenvalue weighted by Gasteiger charge is -2.31. The van der Waals surface area contributed by atoms with E-state index in [1.54, 1.807) is 12.1 Å². The number of aliphatic carboxylic acids is 1. The first-order valence-corrected chi connectivity index (χ1v) is 7.69. The molecule has 0 saturated heterocycles. The number of carbonyl (C=O) groups excluding carboxylic acids is 1. The molecule has 0 aliphatic carbocycles. The third kappa shape index (κ3) is 3.66. The van der Waals surface area contributed by atoms with Gasteiger partial charge in [0.2, 0.25) is 0 Å². The highest BCUT2D eigenvalue weighted by molar-refractivity contribution is 6.37. The molecule has 0 aromatic heterocycles. The predicted octanol–water partition coefficient (Wildman–Crippen LogP) is 2.96. The summed E-state index contributed by atoms with van der Waals surface area (Å²) in [5.41, 5.74) is 6.84. The molecule has 128 valence electrons. The van der Waals surface area contributed by atoms with Gasteiger partial charge in [-0.05, 0) is 36.1 Å². The minimum atomic E-state index is -1.42. The van der Waals surface area contributed by atoms with E-state index in [0.29, 0.717) is 24.1 Å². The topological polar surface area (TPSA) is 80.4 Å². The molecule has 0 heterocycles. The molecule has 4 nitrogen and oxygen atoms in total. The Morgan fingerprint density at radius 1 is 1.00 bits per heavy atom. The van der Waals surface area contributed by atoms with Crippen LogP contribution in [0.2, 0.25) is 0 Å². The Morgan fingerprint density at radius 2 is 1.54 bits per heavy atom. The van der Waals surface area contributed by atoms with Gasteiger partial charge in [-0.2, -0.15) is 0 Å². The molecule has 0 amide bonds. The van der Waals surface area contributed by atoms with E-state index in [1.807, 2.05) is 49.4 Å². The van der Waals surface area contributed by atoms with E-state index in [1.165, 1.54) is 0 Å². The fourth-order valence-corrected chi connectivity index (χ4v) is 3.03. The summed E-state index contributed by atoms with van der Waals surface area (Å²) in [4.78, 5) is 24.0. The first-order valence-electron chi connectivity index (χ1n) is 7.69. The summed E-state index contributed by atoms with van der Waals surface area (Å²) in [6.07, 6.45) is 1.12. The molecular weight excluding hydrogens is 326 g/mol. The van der Waals surface area contributed by atoms with Gasteiger partial charge in [-0.3, -0.25) is 4.79 Å². The second-order valence-electron chi connectivity index (χ2n) is 5.49. The standard InChI is InChI=1S/C19H21NO3.ClH/c1-2-19(17(21)18(22)23,15-6-4-3-5-7-15)16-10-8-14(9-11-16)12-13-20;/h3-11H,2,12-13,20H2,1H3,(H,22,23);1H. The Morgan fingerprint density at radius 3 is 2.00 bits per heavy atom. The maximum absolute atomic E-state index is 12.6. The second-order valence-corrected chi connectivity index (χ2v) is 5.49. The molecule has 0 aliphatic heterocycles. The van der Waals surface area contributed by atoms with Crippen LogP contribution in [0, 0.1) is 0 Å². The van der Waals surface area contributed by atoms with Gasteiger partial charge in [-0.25, -0.2) is 4.79 Å². The van der Waals surface area contributed by atoms with E-state index in [-0.39, 0.29) is 12.4 Å². The zero-order chi connectivity index (χ0) is 16.9. The molecule has 0 radical (unpaired) electrons. The van der Waals surface area contributed by atoms with Crippen molar-refractivity contribution in [2.45, 2.75) is 25.2 Å². The van der Waals surface area contributed by atoms with Gasteiger partial charge in [0.25, 0.3) is 5.78 Å². The first kappa shape index (κ1) is 19.9. The Kier molecular flexibility index (Phi) is 7.14. The molecule has 0 fully saturated rings. The van der Waals surface area contributed by atoms with Gasteiger partial charge < -0.3 is 10.8 Å². The molecule has 0 spiro atoms. The number of carboxylic acid groups (broad SMARTS) is 1. The molecule has 1 atom stereocenters. The highest BCUT2D eigenvalue weighted by atomic mass is 35.5. The van der Waals surface area contributed by atoms with Crippen molar-refractivity contribution < 1.29 is 14.7 Å². The zero-order valence-electron chi connectivity index (χ0n) is 13.6. The molecule has 2 rings (SSSR count). The van der Waals surface area contributed by atoms with Crippen molar-refractivity contribution in [1.29, 1.82) is 0 Å². The van der Waals surface area contributed by atoms with E-state index in [4.69, 9.17) is 5.73 Å². The average Bonchev–Trinajstić information content (AvgIpc) is 2.58. The van der Waals surface area contributed by atoms with Crippen LogP contribution in [-0.2, 0) is 21.4 Å². The molecule has 2 aromatic rings. The number of benzene rings is 2. The molecule has 2 aromatic carbocycles. The number of rotatable bonds is 7. The highest BCUT2D eigenvalue weighted by Gasteiger charge is 2.43. The van der Waals surface area contributed by atoms with Crippen molar-refractivity contribution in [3.8, 4) is 0 Å².